The lowest BCUT2D eigenvalue weighted by Gasteiger charge is -2.27. The van der Waals surface area contributed by atoms with E-state index >= 15 is 0 Å². The van der Waals surface area contributed by atoms with Gasteiger partial charge in [0.2, 0.25) is 11.8 Å². The zero-order valence-electron chi connectivity index (χ0n) is 23.4. The maximum absolute atomic E-state index is 13.8. The van der Waals surface area contributed by atoms with Crippen molar-refractivity contribution in [1.82, 2.24) is 30.0 Å². The lowest BCUT2D eigenvalue weighted by Crippen LogP contribution is -2.48. The molecule has 3 atom stereocenters. The van der Waals surface area contributed by atoms with Crippen molar-refractivity contribution in [2.45, 2.75) is 65.7 Å². The third kappa shape index (κ3) is 4.87. The maximum atomic E-state index is 13.8. The van der Waals surface area contributed by atoms with Crippen molar-refractivity contribution < 1.29 is 18.8 Å². The molecule has 1 unspecified atom stereocenters. The Balaban J connectivity index is 1.28. The lowest BCUT2D eigenvalue weighted by atomic mass is 10.0. The van der Waals surface area contributed by atoms with Gasteiger partial charge in [0.1, 0.15) is 29.9 Å². The van der Waals surface area contributed by atoms with E-state index in [0.29, 0.717) is 28.7 Å². The zero-order chi connectivity index (χ0) is 29.1. The Hall–Kier alpha value is -4.47. The standard InChI is InChI=1S/C31H31FN6O3/c1-17-8-21(22-14-33-19(3)34-15-22)10-24-28(18(2)39)36-37(29(17)24)16-27(40)38-25(11-31(4)12-26(31)38)30(41)35-13-20-6-5-7-23(32)9-20/h5-10,14-15,25-26H,11-13,16H2,1-4H3,(H,35,41)/t25-,26?,31-/m0/s1. The molecular formula is C31H31FN6O3. The predicted molar refractivity (Wildman–Crippen MR) is 150 cm³/mol. The Morgan fingerprint density at radius 3 is 2.54 bits per heavy atom. The van der Waals surface area contributed by atoms with Crippen molar-refractivity contribution >= 4 is 28.5 Å². The average Bonchev–Trinajstić information content (AvgIpc) is 3.28. The second-order valence-electron chi connectivity index (χ2n) is 11.5. The number of hydrogen-bond acceptors (Lipinski definition) is 6. The van der Waals surface area contributed by atoms with Crippen LogP contribution < -0.4 is 5.32 Å². The fourth-order valence-electron chi connectivity index (χ4n) is 6.13. The molecule has 41 heavy (non-hydrogen) atoms. The Bertz CT molecular complexity index is 1720. The van der Waals surface area contributed by atoms with E-state index in [9.17, 15) is 18.8 Å². The number of Topliss-reactive ketones (excluding diaryl/α,β-unsaturated/α-hetero) is 1. The normalized spacial score (nSPS) is 21.1. The average molecular weight is 555 g/mol. The highest BCUT2D eigenvalue weighted by molar-refractivity contribution is 6.07. The first-order valence-corrected chi connectivity index (χ1v) is 13.7. The Labute approximate surface area is 236 Å². The van der Waals surface area contributed by atoms with Crippen LogP contribution in [0.2, 0.25) is 0 Å². The number of benzene rings is 2. The van der Waals surface area contributed by atoms with Crippen LogP contribution in [0, 0.1) is 25.1 Å². The molecule has 6 rings (SSSR count). The van der Waals surface area contributed by atoms with Crippen LogP contribution in [0.3, 0.4) is 0 Å². The third-order valence-corrected chi connectivity index (χ3v) is 8.35. The number of nitrogens with zero attached hydrogens (tertiary/aromatic N) is 5. The molecule has 210 valence electrons. The summed E-state index contributed by atoms with van der Waals surface area (Å²) >= 11 is 0. The zero-order valence-corrected chi connectivity index (χ0v) is 23.4. The molecule has 2 fully saturated rings. The molecule has 1 aliphatic heterocycles. The number of hydrogen-bond donors (Lipinski definition) is 1. The van der Waals surface area contributed by atoms with Crippen LogP contribution in [-0.2, 0) is 22.7 Å². The smallest absolute Gasteiger partial charge is 0.245 e. The van der Waals surface area contributed by atoms with Crippen LogP contribution in [0.5, 0.6) is 0 Å². The number of fused-ring (bicyclic) bond motifs is 2. The van der Waals surface area contributed by atoms with E-state index in [1.165, 1.54) is 19.1 Å². The van der Waals surface area contributed by atoms with Gasteiger partial charge in [-0.2, -0.15) is 5.10 Å². The topological polar surface area (TPSA) is 110 Å². The van der Waals surface area contributed by atoms with Crippen molar-refractivity contribution in [2.75, 3.05) is 0 Å². The summed E-state index contributed by atoms with van der Waals surface area (Å²) in [6.07, 6.45) is 4.89. The van der Waals surface area contributed by atoms with Crippen LogP contribution in [0.1, 0.15) is 54.1 Å². The molecule has 2 aromatic heterocycles. The maximum Gasteiger partial charge on any atom is 0.245 e. The number of nitrogens with one attached hydrogen (secondary N) is 1. The highest BCUT2D eigenvalue weighted by atomic mass is 19.1. The van der Waals surface area contributed by atoms with Gasteiger partial charge in [0, 0.05) is 42.9 Å². The minimum absolute atomic E-state index is 0.0248. The van der Waals surface area contributed by atoms with E-state index in [2.05, 4.69) is 27.3 Å². The first-order chi connectivity index (χ1) is 19.5. The number of ketones is 1. The van der Waals surface area contributed by atoms with Crippen molar-refractivity contribution in [3.05, 3.63) is 77.3 Å². The van der Waals surface area contributed by atoms with Gasteiger partial charge in [0.25, 0.3) is 0 Å². The second kappa shape index (κ2) is 9.87. The molecule has 4 aromatic rings. The number of likely N-dealkylation sites (tertiary alicyclic amines) is 1. The fraction of sp³-hybridized carbons (Fsp3) is 0.355. The fourth-order valence-corrected chi connectivity index (χ4v) is 6.13. The van der Waals surface area contributed by atoms with Gasteiger partial charge in [0.15, 0.2) is 5.78 Å². The summed E-state index contributed by atoms with van der Waals surface area (Å²) in [6, 6.07) is 9.29. The Kier molecular flexibility index (Phi) is 6.43. The molecule has 1 saturated carbocycles. The number of carbonyl (C=O) groups excluding carboxylic acids is 3. The van der Waals surface area contributed by atoms with Gasteiger partial charge in [-0.1, -0.05) is 19.1 Å². The molecule has 10 heteroatoms. The Morgan fingerprint density at radius 2 is 1.83 bits per heavy atom. The van der Waals surface area contributed by atoms with Crippen LogP contribution >= 0.6 is 0 Å². The van der Waals surface area contributed by atoms with E-state index in [4.69, 9.17) is 0 Å². The number of amides is 2. The SMILES string of the molecule is CC(=O)c1nn(CC(=O)N2C3C[C@]3(C)C[C@H]2C(=O)NCc2cccc(F)c2)c2c(C)cc(-c3cnc(C)nc3)cc12. The van der Waals surface area contributed by atoms with E-state index < -0.39 is 6.04 Å². The van der Waals surface area contributed by atoms with Crippen molar-refractivity contribution in [1.29, 1.82) is 0 Å². The summed E-state index contributed by atoms with van der Waals surface area (Å²) in [5.41, 5.74) is 4.06. The number of aryl methyl sites for hydroxylation is 2. The molecule has 0 spiro atoms. The summed E-state index contributed by atoms with van der Waals surface area (Å²) in [7, 11) is 0. The van der Waals surface area contributed by atoms with Crippen LogP contribution in [0.15, 0.2) is 48.8 Å². The summed E-state index contributed by atoms with van der Waals surface area (Å²) in [5.74, 6) is -0.390. The molecule has 1 N–H and O–H groups in total. The minimum Gasteiger partial charge on any atom is -0.350 e. The molecule has 0 bridgehead atoms. The molecule has 2 aromatic carbocycles. The van der Waals surface area contributed by atoms with Crippen LogP contribution in [0.4, 0.5) is 4.39 Å². The van der Waals surface area contributed by atoms with E-state index in [1.807, 2.05) is 26.0 Å². The molecule has 2 amide bonds. The second-order valence-corrected chi connectivity index (χ2v) is 11.5. The van der Waals surface area contributed by atoms with E-state index in [-0.39, 0.29) is 53.7 Å². The van der Waals surface area contributed by atoms with Gasteiger partial charge in [-0.15, -0.1) is 0 Å². The molecule has 1 saturated heterocycles. The quantitative estimate of drug-likeness (QED) is 0.344. The Morgan fingerprint density at radius 1 is 1.07 bits per heavy atom. The van der Waals surface area contributed by atoms with Gasteiger partial charge < -0.3 is 10.2 Å². The van der Waals surface area contributed by atoms with Gasteiger partial charge in [-0.3, -0.25) is 19.1 Å². The monoisotopic (exact) mass is 554 g/mol. The highest BCUT2D eigenvalue weighted by Gasteiger charge is 2.64. The van der Waals surface area contributed by atoms with Gasteiger partial charge in [-0.25, -0.2) is 14.4 Å². The molecule has 2 aliphatic rings. The van der Waals surface area contributed by atoms with Gasteiger partial charge in [0.05, 0.1) is 5.52 Å². The first-order valence-electron chi connectivity index (χ1n) is 13.7. The lowest BCUT2D eigenvalue weighted by molar-refractivity contribution is -0.140. The van der Waals surface area contributed by atoms with Gasteiger partial charge in [-0.05, 0) is 73.1 Å². The molecule has 0 radical (unpaired) electrons. The summed E-state index contributed by atoms with van der Waals surface area (Å²) in [4.78, 5) is 49.9. The van der Waals surface area contributed by atoms with Crippen molar-refractivity contribution in [3.63, 3.8) is 0 Å². The molecule has 9 nitrogen and oxygen atoms in total. The van der Waals surface area contributed by atoms with Crippen LogP contribution in [0.25, 0.3) is 22.0 Å². The number of piperidine rings is 1. The predicted octanol–water partition coefficient (Wildman–Crippen LogP) is 4.15. The molecule has 3 heterocycles. The van der Waals surface area contributed by atoms with E-state index in [0.717, 1.165) is 23.1 Å². The number of carbonyl (C=O) groups is 3. The number of halogens is 1. The largest absolute Gasteiger partial charge is 0.350 e. The highest BCUT2D eigenvalue weighted by Crippen LogP contribution is 2.59. The third-order valence-electron chi connectivity index (χ3n) is 8.35. The summed E-state index contributed by atoms with van der Waals surface area (Å²) < 4.78 is 15.2. The van der Waals surface area contributed by atoms with Crippen molar-refractivity contribution in [3.8, 4) is 11.1 Å². The number of rotatable bonds is 7. The van der Waals surface area contributed by atoms with Gasteiger partial charge >= 0.3 is 0 Å². The number of aromatic nitrogens is 4. The first kappa shape index (κ1) is 26.7. The summed E-state index contributed by atoms with van der Waals surface area (Å²) in [5, 5.41) is 8.11. The van der Waals surface area contributed by atoms with Crippen LogP contribution in [-0.4, -0.2) is 54.3 Å². The minimum atomic E-state index is -0.622. The molecular weight excluding hydrogens is 523 g/mol. The van der Waals surface area contributed by atoms with E-state index in [1.54, 1.807) is 34.1 Å². The summed E-state index contributed by atoms with van der Waals surface area (Å²) in [6.45, 7) is 7.36. The molecule has 1 aliphatic carbocycles. The van der Waals surface area contributed by atoms with Crippen molar-refractivity contribution in [2.24, 2.45) is 5.41 Å².